The van der Waals surface area contributed by atoms with Gasteiger partial charge in [-0.25, -0.2) is 0 Å². The number of halogens is 1. The first-order valence-corrected chi connectivity index (χ1v) is 8.54. The van der Waals surface area contributed by atoms with E-state index in [-0.39, 0.29) is 37.7 Å². The minimum Gasteiger partial charge on any atom is -0.395 e. The average Bonchev–Trinajstić information content (AvgIpc) is 2.64. The Bertz CT molecular complexity index is 581. The highest BCUT2D eigenvalue weighted by Gasteiger charge is 2.11. The van der Waals surface area contributed by atoms with Gasteiger partial charge in [-0.1, -0.05) is 48.5 Å². The molecule has 0 aliphatic heterocycles. The molecule has 2 unspecified atom stereocenters. The van der Waals surface area contributed by atoms with E-state index >= 15 is 0 Å². The first-order chi connectivity index (χ1) is 11.7. The van der Waals surface area contributed by atoms with E-state index in [1.807, 2.05) is 24.3 Å². The molecule has 0 aromatic heterocycles. The third-order valence-electron chi connectivity index (χ3n) is 4.36. The van der Waals surface area contributed by atoms with Crippen molar-refractivity contribution in [2.45, 2.75) is 37.8 Å². The van der Waals surface area contributed by atoms with Gasteiger partial charge in [-0.15, -0.1) is 12.4 Å². The van der Waals surface area contributed by atoms with Crippen molar-refractivity contribution in [3.05, 3.63) is 59.7 Å². The monoisotopic (exact) mass is 364 g/mol. The maximum atomic E-state index is 9.13. The number of benzene rings is 2. The molecule has 0 radical (unpaired) electrons. The van der Waals surface area contributed by atoms with Gasteiger partial charge < -0.3 is 21.7 Å². The van der Waals surface area contributed by atoms with Gasteiger partial charge in [0.25, 0.3) is 0 Å². The summed E-state index contributed by atoms with van der Waals surface area (Å²) >= 11 is 0. The summed E-state index contributed by atoms with van der Waals surface area (Å²) in [5, 5.41) is 18.3. The van der Waals surface area contributed by atoms with E-state index < -0.39 is 0 Å². The SMILES string of the molecule is Cl.NC(CO)CCc1ccccc1-c1ccccc1CCC(N)CO. The molecule has 0 amide bonds. The molecule has 0 fully saturated rings. The summed E-state index contributed by atoms with van der Waals surface area (Å²) in [7, 11) is 0. The number of rotatable bonds is 9. The van der Waals surface area contributed by atoms with Crippen molar-refractivity contribution in [2.24, 2.45) is 11.5 Å². The van der Waals surface area contributed by atoms with E-state index in [2.05, 4.69) is 24.3 Å². The number of nitrogens with two attached hydrogens (primary N) is 2. The van der Waals surface area contributed by atoms with Gasteiger partial charge in [-0.3, -0.25) is 0 Å². The van der Waals surface area contributed by atoms with Crippen LogP contribution in [0.5, 0.6) is 0 Å². The van der Waals surface area contributed by atoms with Crippen LogP contribution >= 0.6 is 12.4 Å². The molecule has 25 heavy (non-hydrogen) atoms. The second-order valence-corrected chi connectivity index (χ2v) is 6.28. The highest BCUT2D eigenvalue weighted by Crippen LogP contribution is 2.29. The number of aryl methyl sites for hydroxylation is 2. The van der Waals surface area contributed by atoms with Crippen LogP contribution in [-0.4, -0.2) is 35.5 Å². The molecule has 5 heteroatoms. The van der Waals surface area contributed by atoms with E-state index in [1.165, 1.54) is 22.3 Å². The lowest BCUT2D eigenvalue weighted by molar-refractivity contribution is 0.260. The van der Waals surface area contributed by atoms with E-state index in [0.29, 0.717) is 0 Å². The van der Waals surface area contributed by atoms with Gasteiger partial charge in [-0.2, -0.15) is 0 Å². The fourth-order valence-corrected chi connectivity index (χ4v) is 2.87. The molecular weight excluding hydrogens is 336 g/mol. The molecular formula is C20H29ClN2O2. The lowest BCUT2D eigenvalue weighted by atomic mass is 9.90. The second kappa shape index (κ2) is 11.2. The molecule has 0 saturated heterocycles. The molecule has 0 aliphatic rings. The van der Waals surface area contributed by atoms with Crippen LogP contribution in [0.2, 0.25) is 0 Å². The van der Waals surface area contributed by atoms with Crippen molar-refractivity contribution in [3.63, 3.8) is 0 Å². The summed E-state index contributed by atoms with van der Waals surface area (Å²) in [4.78, 5) is 0. The zero-order valence-corrected chi connectivity index (χ0v) is 15.3. The van der Waals surface area contributed by atoms with Crippen LogP contribution < -0.4 is 11.5 Å². The van der Waals surface area contributed by atoms with Gasteiger partial charge in [0, 0.05) is 12.1 Å². The number of aliphatic hydroxyl groups excluding tert-OH is 2. The topological polar surface area (TPSA) is 92.5 Å². The number of hydrogen-bond donors (Lipinski definition) is 4. The maximum absolute atomic E-state index is 9.13. The summed E-state index contributed by atoms with van der Waals surface area (Å²) in [6.07, 6.45) is 3.18. The zero-order valence-electron chi connectivity index (χ0n) is 14.5. The van der Waals surface area contributed by atoms with Crippen LogP contribution in [0, 0.1) is 0 Å². The Morgan fingerprint density at radius 1 is 0.680 bits per heavy atom. The van der Waals surface area contributed by atoms with E-state index in [4.69, 9.17) is 21.7 Å². The Balaban J connectivity index is 0.00000312. The van der Waals surface area contributed by atoms with E-state index in [0.717, 1.165) is 25.7 Å². The van der Waals surface area contributed by atoms with Crippen molar-refractivity contribution >= 4 is 12.4 Å². The van der Waals surface area contributed by atoms with Crippen LogP contribution in [0.25, 0.3) is 11.1 Å². The van der Waals surface area contributed by atoms with Crippen molar-refractivity contribution in [2.75, 3.05) is 13.2 Å². The van der Waals surface area contributed by atoms with Gasteiger partial charge in [0.1, 0.15) is 0 Å². The van der Waals surface area contributed by atoms with Gasteiger partial charge in [0.15, 0.2) is 0 Å². The van der Waals surface area contributed by atoms with Crippen molar-refractivity contribution in [1.82, 2.24) is 0 Å². The van der Waals surface area contributed by atoms with Gasteiger partial charge in [0.2, 0.25) is 0 Å². The summed E-state index contributed by atoms with van der Waals surface area (Å²) in [5.41, 5.74) is 16.6. The normalized spacial score (nSPS) is 13.1. The van der Waals surface area contributed by atoms with Crippen molar-refractivity contribution in [1.29, 1.82) is 0 Å². The van der Waals surface area contributed by atoms with Gasteiger partial charge in [0.05, 0.1) is 13.2 Å². The molecule has 4 nitrogen and oxygen atoms in total. The zero-order chi connectivity index (χ0) is 17.4. The Labute approximate surface area is 156 Å². The third-order valence-corrected chi connectivity index (χ3v) is 4.36. The third kappa shape index (κ3) is 6.42. The smallest absolute Gasteiger partial charge is 0.0582 e. The summed E-state index contributed by atoms with van der Waals surface area (Å²) in [6, 6.07) is 16.3. The van der Waals surface area contributed by atoms with Crippen LogP contribution in [0.3, 0.4) is 0 Å². The first kappa shape index (κ1) is 21.6. The summed E-state index contributed by atoms with van der Waals surface area (Å²) in [6.45, 7) is 0.0234. The molecule has 138 valence electrons. The Morgan fingerprint density at radius 3 is 1.40 bits per heavy atom. The molecule has 6 N–H and O–H groups in total. The lowest BCUT2D eigenvalue weighted by Gasteiger charge is -2.16. The van der Waals surface area contributed by atoms with Crippen LogP contribution in [0.1, 0.15) is 24.0 Å². The Hall–Kier alpha value is -1.43. The van der Waals surface area contributed by atoms with Crippen LogP contribution in [0.15, 0.2) is 48.5 Å². The molecule has 0 spiro atoms. The molecule has 0 saturated carbocycles. The quantitative estimate of drug-likeness (QED) is 0.549. The fraction of sp³-hybridized carbons (Fsp3) is 0.400. The Morgan fingerprint density at radius 2 is 1.04 bits per heavy atom. The Kier molecular flexibility index (Phi) is 9.71. The van der Waals surface area contributed by atoms with Crippen LogP contribution in [0.4, 0.5) is 0 Å². The molecule has 2 rings (SSSR count). The molecule has 2 atom stereocenters. The largest absolute Gasteiger partial charge is 0.395 e. The molecule has 0 aliphatic carbocycles. The molecule has 2 aromatic carbocycles. The molecule has 0 bridgehead atoms. The van der Waals surface area contributed by atoms with Gasteiger partial charge in [-0.05, 0) is 47.9 Å². The summed E-state index contributed by atoms with van der Waals surface area (Å²) < 4.78 is 0. The van der Waals surface area contributed by atoms with Gasteiger partial charge >= 0.3 is 0 Å². The van der Waals surface area contributed by atoms with Crippen molar-refractivity contribution in [3.8, 4) is 11.1 Å². The van der Waals surface area contributed by atoms with E-state index in [1.54, 1.807) is 0 Å². The summed E-state index contributed by atoms with van der Waals surface area (Å²) in [5.74, 6) is 0. The average molecular weight is 365 g/mol. The minimum absolute atomic E-state index is 0. The van der Waals surface area contributed by atoms with E-state index in [9.17, 15) is 0 Å². The highest BCUT2D eigenvalue weighted by molar-refractivity contribution is 5.85. The number of aliphatic hydroxyl groups is 2. The molecule has 0 heterocycles. The maximum Gasteiger partial charge on any atom is 0.0582 e. The fourth-order valence-electron chi connectivity index (χ4n) is 2.87. The minimum atomic E-state index is -0.184. The van der Waals surface area contributed by atoms with Crippen molar-refractivity contribution < 1.29 is 10.2 Å². The predicted octanol–water partition coefficient (Wildman–Crippen LogP) is 2.28. The molecule has 2 aromatic rings. The lowest BCUT2D eigenvalue weighted by Crippen LogP contribution is -2.25. The standard InChI is InChI=1S/C20H28N2O2.ClH/c21-17(13-23)11-9-15-5-1-3-7-19(15)20-8-4-2-6-16(20)10-12-18(22)14-24;/h1-8,17-18,23-24H,9-14,21-22H2;1H. The first-order valence-electron chi connectivity index (χ1n) is 8.54. The van der Waals surface area contributed by atoms with Crippen LogP contribution in [-0.2, 0) is 12.8 Å². The highest BCUT2D eigenvalue weighted by atomic mass is 35.5. The second-order valence-electron chi connectivity index (χ2n) is 6.28. The predicted molar refractivity (Wildman–Crippen MR) is 106 cm³/mol. The number of hydrogen-bond acceptors (Lipinski definition) is 4.